The smallest absolute Gasteiger partial charge is 0.258 e. The highest BCUT2D eigenvalue weighted by atomic mass is 19.1. The van der Waals surface area contributed by atoms with E-state index in [1.165, 1.54) is 30.3 Å². The van der Waals surface area contributed by atoms with Crippen LogP contribution in [0, 0.1) is 11.6 Å². The summed E-state index contributed by atoms with van der Waals surface area (Å²) in [4.78, 5) is 12.0. The molecule has 1 unspecified atom stereocenters. The summed E-state index contributed by atoms with van der Waals surface area (Å²) in [5, 5.41) is 2.78. The summed E-state index contributed by atoms with van der Waals surface area (Å²) in [7, 11) is 0. The zero-order valence-electron chi connectivity index (χ0n) is 12.2. The molecule has 6 heteroatoms. The van der Waals surface area contributed by atoms with Crippen molar-refractivity contribution in [1.82, 2.24) is 5.32 Å². The molecular formula is C17H15F2NO3. The third-order valence-electron chi connectivity index (χ3n) is 3.51. The molecule has 1 atom stereocenters. The topological polar surface area (TPSA) is 47.6 Å². The number of rotatable bonds is 4. The Morgan fingerprint density at radius 3 is 2.87 bits per heavy atom. The summed E-state index contributed by atoms with van der Waals surface area (Å²) < 4.78 is 37.1. The third kappa shape index (κ3) is 3.77. The van der Waals surface area contributed by atoms with Crippen molar-refractivity contribution in [2.24, 2.45) is 0 Å². The molecule has 0 bridgehead atoms. The van der Waals surface area contributed by atoms with Crippen molar-refractivity contribution < 1.29 is 23.0 Å². The van der Waals surface area contributed by atoms with Gasteiger partial charge in [0.2, 0.25) is 0 Å². The summed E-state index contributed by atoms with van der Waals surface area (Å²) in [6, 6.07) is 9.44. The molecule has 0 spiro atoms. The van der Waals surface area contributed by atoms with Gasteiger partial charge in [-0.3, -0.25) is 4.79 Å². The fourth-order valence-electron chi connectivity index (χ4n) is 2.46. The summed E-state index contributed by atoms with van der Waals surface area (Å²) in [5.74, 6) is -0.342. The van der Waals surface area contributed by atoms with Crippen molar-refractivity contribution in [2.45, 2.75) is 12.5 Å². The SMILES string of the molecule is O=C(COc1cccc(F)c1)NC1CCOc2ccc(F)cc21. The number of benzene rings is 2. The second kappa shape index (κ2) is 6.64. The second-order valence-corrected chi connectivity index (χ2v) is 5.19. The van der Waals surface area contributed by atoms with Crippen molar-refractivity contribution in [3.8, 4) is 11.5 Å². The second-order valence-electron chi connectivity index (χ2n) is 5.19. The number of hydrogen-bond donors (Lipinski definition) is 1. The highest BCUT2D eigenvalue weighted by Gasteiger charge is 2.23. The number of halogens is 2. The van der Waals surface area contributed by atoms with Crippen LogP contribution in [0.2, 0.25) is 0 Å². The van der Waals surface area contributed by atoms with Crippen LogP contribution in [0.3, 0.4) is 0 Å². The maximum Gasteiger partial charge on any atom is 0.258 e. The van der Waals surface area contributed by atoms with Gasteiger partial charge in [0.25, 0.3) is 5.91 Å². The number of amides is 1. The fraction of sp³-hybridized carbons (Fsp3) is 0.235. The maximum absolute atomic E-state index is 13.4. The van der Waals surface area contributed by atoms with Crippen LogP contribution >= 0.6 is 0 Å². The largest absolute Gasteiger partial charge is 0.493 e. The minimum Gasteiger partial charge on any atom is -0.493 e. The van der Waals surface area contributed by atoms with Crippen LogP contribution < -0.4 is 14.8 Å². The molecule has 1 heterocycles. The fourth-order valence-corrected chi connectivity index (χ4v) is 2.46. The molecular weight excluding hydrogens is 304 g/mol. The molecule has 1 N–H and O–H groups in total. The lowest BCUT2D eigenvalue weighted by atomic mass is 10.0. The number of hydrogen-bond acceptors (Lipinski definition) is 3. The maximum atomic E-state index is 13.4. The van der Waals surface area contributed by atoms with Crippen LogP contribution in [0.25, 0.3) is 0 Å². The lowest BCUT2D eigenvalue weighted by Gasteiger charge is -2.26. The molecule has 23 heavy (non-hydrogen) atoms. The van der Waals surface area contributed by atoms with Gasteiger partial charge in [0.1, 0.15) is 23.1 Å². The highest BCUT2D eigenvalue weighted by molar-refractivity contribution is 5.78. The Morgan fingerprint density at radius 2 is 2.04 bits per heavy atom. The molecule has 0 saturated heterocycles. The van der Waals surface area contributed by atoms with E-state index in [1.54, 1.807) is 12.1 Å². The van der Waals surface area contributed by atoms with E-state index in [4.69, 9.17) is 9.47 Å². The Bertz CT molecular complexity index is 721. The van der Waals surface area contributed by atoms with E-state index in [-0.39, 0.29) is 30.1 Å². The van der Waals surface area contributed by atoms with E-state index in [0.29, 0.717) is 24.3 Å². The predicted molar refractivity (Wildman–Crippen MR) is 79.3 cm³/mol. The first kappa shape index (κ1) is 15.3. The molecule has 4 nitrogen and oxygen atoms in total. The van der Waals surface area contributed by atoms with Crippen LogP contribution in [0.4, 0.5) is 8.78 Å². The average molecular weight is 319 g/mol. The molecule has 2 aromatic carbocycles. The highest BCUT2D eigenvalue weighted by Crippen LogP contribution is 2.32. The zero-order chi connectivity index (χ0) is 16.2. The number of carbonyl (C=O) groups excluding carboxylic acids is 1. The van der Waals surface area contributed by atoms with Gasteiger partial charge in [-0.25, -0.2) is 8.78 Å². The first-order valence-corrected chi connectivity index (χ1v) is 7.22. The molecule has 3 rings (SSSR count). The molecule has 2 aromatic rings. The lowest BCUT2D eigenvalue weighted by Crippen LogP contribution is -2.35. The normalized spacial score (nSPS) is 16.2. The molecule has 1 aliphatic heterocycles. The van der Waals surface area contributed by atoms with E-state index < -0.39 is 5.82 Å². The van der Waals surface area contributed by atoms with Gasteiger partial charge in [-0.2, -0.15) is 0 Å². The van der Waals surface area contributed by atoms with Gasteiger partial charge in [-0.05, 0) is 30.3 Å². The number of ether oxygens (including phenoxy) is 2. The molecule has 1 aliphatic rings. The van der Waals surface area contributed by atoms with E-state index in [9.17, 15) is 13.6 Å². The Kier molecular flexibility index (Phi) is 4.41. The molecule has 120 valence electrons. The molecule has 0 aromatic heterocycles. The molecule has 0 saturated carbocycles. The van der Waals surface area contributed by atoms with Gasteiger partial charge in [0, 0.05) is 18.1 Å². The summed E-state index contributed by atoms with van der Waals surface area (Å²) in [5.41, 5.74) is 0.607. The average Bonchev–Trinajstić information content (AvgIpc) is 2.54. The Hall–Kier alpha value is -2.63. The first-order valence-electron chi connectivity index (χ1n) is 7.22. The van der Waals surface area contributed by atoms with Crippen LogP contribution in [-0.2, 0) is 4.79 Å². The standard InChI is InChI=1S/C17H15F2NO3/c18-11-2-1-3-13(8-11)23-10-17(21)20-15-6-7-22-16-5-4-12(19)9-14(15)16/h1-5,8-9,15H,6-7,10H2,(H,20,21). The summed E-state index contributed by atoms with van der Waals surface area (Å²) in [6.45, 7) is 0.194. The number of nitrogens with one attached hydrogen (secondary N) is 1. The van der Waals surface area contributed by atoms with Crippen molar-refractivity contribution >= 4 is 5.91 Å². The van der Waals surface area contributed by atoms with Gasteiger partial charge in [0.05, 0.1) is 12.6 Å². The van der Waals surface area contributed by atoms with Crippen LogP contribution in [0.5, 0.6) is 11.5 Å². The van der Waals surface area contributed by atoms with Gasteiger partial charge >= 0.3 is 0 Å². The molecule has 1 amide bonds. The Morgan fingerprint density at radius 1 is 1.22 bits per heavy atom. The van der Waals surface area contributed by atoms with Crippen molar-refractivity contribution in [2.75, 3.05) is 13.2 Å². The predicted octanol–water partition coefficient (Wildman–Crippen LogP) is 2.98. The van der Waals surface area contributed by atoms with Gasteiger partial charge in [-0.15, -0.1) is 0 Å². The van der Waals surface area contributed by atoms with Gasteiger partial charge in [-0.1, -0.05) is 6.07 Å². The van der Waals surface area contributed by atoms with Crippen LogP contribution in [0.15, 0.2) is 42.5 Å². The van der Waals surface area contributed by atoms with E-state index in [0.717, 1.165) is 0 Å². The minimum atomic E-state index is -0.434. The van der Waals surface area contributed by atoms with Gasteiger partial charge < -0.3 is 14.8 Å². The van der Waals surface area contributed by atoms with E-state index in [1.807, 2.05) is 0 Å². The minimum absolute atomic E-state index is 0.245. The lowest BCUT2D eigenvalue weighted by molar-refractivity contribution is -0.124. The first-order chi connectivity index (χ1) is 11.1. The summed E-state index contributed by atoms with van der Waals surface area (Å²) >= 11 is 0. The molecule has 0 radical (unpaired) electrons. The Labute approximate surface area is 132 Å². The van der Waals surface area contributed by atoms with Crippen molar-refractivity contribution in [3.63, 3.8) is 0 Å². The summed E-state index contributed by atoms with van der Waals surface area (Å²) in [6.07, 6.45) is 0.544. The van der Waals surface area contributed by atoms with Crippen LogP contribution in [0.1, 0.15) is 18.0 Å². The number of carbonyl (C=O) groups is 1. The quantitative estimate of drug-likeness (QED) is 0.942. The number of fused-ring (bicyclic) bond motifs is 1. The Balaban J connectivity index is 1.62. The molecule has 0 aliphatic carbocycles. The van der Waals surface area contributed by atoms with E-state index >= 15 is 0 Å². The molecule has 0 fully saturated rings. The van der Waals surface area contributed by atoms with Crippen LogP contribution in [-0.4, -0.2) is 19.1 Å². The van der Waals surface area contributed by atoms with Crippen molar-refractivity contribution in [3.05, 3.63) is 59.7 Å². The monoisotopic (exact) mass is 319 g/mol. The van der Waals surface area contributed by atoms with Gasteiger partial charge in [0.15, 0.2) is 6.61 Å². The van der Waals surface area contributed by atoms with Crippen molar-refractivity contribution in [1.29, 1.82) is 0 Å². The van der Waals surface area contributed by atoms with E-state index in [2.05, 4.69) is 5.32 Å². The zero-order valence-corrected chi connectivity index (χ0v) is 12.2. The third-order valence-corrected chi connectivity index (χ3v) is 3.51.